The molecule has 2 aromatic carbocycles. The molecule has 0 aliphatic heterocycles. The lowest BCUT2D eigenvalue weighted by molar-refractivity contribution is -0.394. The smallest absolute Gasteiger partial charge is 0.366 e. The molecule has 194 valence electrons. The zero-order valence-electron chi connectivity index (χ0n) is 20.8. The molecule has 12 heteroatoms. The second-order valence-electron chi connectivity index (χ2n) is 10.1. The summed E-state index contributed by atoms with van der Waals surface area (Å²) in [5, 5.41) is 29.4. The van der Waals surface area contributed by atoms with E-state index in [9.17, 15) is 29.8 Å². The number of nitrogens with zero attached hydrogens (tertiary/aromatic N) is 3. The van der Waals surface area contributed by atoms with Crippen molar-refractivity contribution in [1.29, 1.82) is 0 Å². The summed E-state index contributed by atoms with van der Waals surface area (Å²) in [6.45, 7) is 5.94. The Kier molecular flexibility index (Phi) is 6.22. The maximum absolute atomic E-state index is 13.6. The number of carbonyl (C=O) groups excluding carboxylic acids is 2. The van der Waals surface area contributed by atoms with Gasteiger partial charge in [-0.2, -0.15) is 0 Å². The Morgan fingerprint density at radius 3 is 2.11 bits per heavy atom. The van der Waals surface area contributed by atoms with E-state index in [1.54, 1.807) is 31.4 Å². The molecule has 2 aliphatic carbocycles. The number of rotatable bonds is 7. The monoisotopic (exact) mass is 510 g/mol. The molecule has 2 atom stereocenters. The van der Waals surface area contributed by atoms with Crippen molar-refractivity contribution in [2.75, 3.05) is 12.4 Å². The first kappa shape index (κ1) is 25.7. The molecule has 2 unspecified atom stereocenters. The van der Waals surface area contributed by atoms with E-state index in [2.05, 4.69) is 10.5 Å². The first-order valence-electron chi connectivity index (χ1n) is 11.5. The molecule has 0 saturated heterocycles. The molecule has 37 heavy (non-hydrogen) atoms. The van der Waals surface area contributed by atoms with Crippen LogP contribution in [0.4, 0.5) is 17.1 Å². The predicted molar refractivity (Wildman–Crippen MR) is 132 cm³/mol. The van der Waals surface area contributed by atoms with Crippen LogP contribution >= 0.6 is 0 Å². The van der Waals surface area contributed by atoms with Crippen LogP contribution in [-0.2, 0) is 9.63 Å². The van der Waals surface area contributed by atoms with Gasteiger partial charge in [0.1, 0.15) is 5.75 Å². The molecule has 4 rings (SSSR count). The lowest BCUT2D eigenvalue weighted by atomic mass is 9.64. The van der Waals surface area contributed by atoms with Crippen LogP contribution in [0.25, 0.3) is 0 Å². The second kappa shape index (κ2) is 8.95. The zero-order chi connectivity index (χ0) is 27.2. The van der Waals surface area contributed by atoms with Gasteiger partial charge in [-0.05, 0) is 42.5 Å². The van der Waals surface area contributed by atoms with Crippen LogP contribution in [0.3, 0.4) is 0 Å². The third-order valence-electron chi connectivity index (χ3n) is 8.31. The highest BCUT2D eigenvalue weighted by atomic mass is 16.7. The molecular formula is C25H26N4O8. The lowest BCUT2D eigenvalue weighted by Crippen LogP contribution is -2.43. The number of anilines is 1. The molecule has 2 aromatic rings. The van der Waals surface area contributed by atoms with E-state index in [0.29, 0.717) is 30.0 Å². The maximum atomic E-state index is 13.6. The first-order chi connectivity index (χ1) is 17.3. The van der Waals surface area contributed by atoms with Gasteiger partial charge < -0.3 is 14.9 Å². The summed E-state index contributed by atoms with van der Waals surface area (Å²) >= 11 is 0. The molecule has 2 aliphatic rings. The highest BCUT2D eigenvalue weighted by molar-refractivity contribution is 6.06. The number of benzene rings is 2. The number of hydrogen-bond acceptors (Lipinski definition) is 9. The van der Waals surface area contributed by atoms with Gasteiger partial charge in [-0.25, -0.2) is 4.79 Å². The second-order valence-corrected chi connectivity index (χ2v) is 10.1. The predicted octanol–water partition coefficient (Wildman–Crippen LogP) is 4.88. The van der Waals surface area contributed by atoms with Crippen LogP contribution in [0.15, 0.2) is 47.6 Å². The van der Waals surface area contributed by atoms with Gasteiger partial charge >= 0.3 is 5.97 Å². The minimum Gasteiger partial charge on any atom is -0.497 e. The third-order valence-corrected chi connectivity index (χ3v) is 8.31. The Hall–Kier alpha value is -4.35. The van der Waals surface area contributed by atoms with Crippen LogP contribution in [0, 0.1) is 36.5 Å². The van der Waals surface area contributed by atoms with Crippen LogP contribution in [0.2, 0.25) is 0 Å². The Bertz CT molecular complexity index is 1300. The fourth-order valence-electron chi connectivity index (χ4n) is 5.52. The topological polar surface area (TPSA) is 163 Å². The standard InChI is InChI=1S/C25H26N4O8/c1-23(2)24(3)9-10-25(23,22(31)26-16-5-7-19(36-4)8-6-16)14-20(24)27-37-21(30)15-11-17(28(32)33)13-18(12-15)29(34)35/h5-8,11-13H,9-10,14H2,1-4H3,(H,26,31)/b27-20+. The summed E-state index contributed by atoms with van der Waals surface area (Å²) in [5.41, 5.74) is -2.37. The highest BCUT2D eigenvalue weighted by Crippen LogP contribution is 2.71. The number of carbonyl (C=O) groups is 2. The van der Waals surface area contributed by atoms with Crippen LogP contribution < -0.4 is 10.1 Å². The van der Waals surface area contributed by atoms with Crippen molar-refractivity contribution in [2.45, 2.75) is 40.0 Å². The summed E-state index contributed by atoms with van der Waals surface area (Å²) < 4.78 is 5.16. The van der Waals surface area contributed by atoms with Gasteiger partial charge in [0.05, 0.1) is 39.7 Å². The Morgan fingerprint density at radius 1 is 0.973 bits per heavy atom. The van der Waals surface area contributed by atoms with Gasteiger partial charge in [0.2, 0.25) is 5.91 Å². The van der Waals surface area contributed by atoms with E-state index in [-0.39, 0.29) is 17.9 Å². The summed E-state index contributed by atoms with van der Waals surface area (Å²) in [5.74, 6) is -0.575. The van der Waals surface area contributed by atoms with Crippen LogP contribution in [0.1, 0.15) is 50.4 Å². The maximum Gasteiger partial charge on any atom is 0.366 e. The Labute approximate surface area is 211 Å². The number of hydrogen-bond donors (Lipinski definition) is 1. The largest absolute Gasteiger partial charge is 0.497 e. The molecule has 0 heterocycles. The molecule has 1 amide bonds. The van der Waals surface area contributed by atoms with Crippen molar-refractivity contribution in [3.05, 3.63) is 68.3 Å². The Balaban J connectivity index is 1.59. The minimum atomic E-state index is -1.07. The molecule has 0 aromatic heterocycles. The molecule has 2 fully saturated rings. The number of non-ortho nitro benzene ring substituents is 2. The summed E-state index contributed by atoms with van der Waals surface area (Å²) in [4.78, 5) is 52.0. The summed E-state index contributed by atoms with van der Waals surface area (Å²) in [6, 6.07) is 9.54. The Morgan fingerprint density at radius 2 is 1.57 bits per heavy atom. The SMILES string of the molecule is COc1ccc(NC(=O)C23CCC(C)(/C(=N/OC(=O)c4cc([N+](=O)[O-])cc([N+](=O)[O-])c4)C2)C3(C)C)cc1. The first-order valence-corrected chi connectivity index (χ1v) is 11.5. The summed E-state index contributed by atoms with van der Waals surface area (Å²) in [7, 11) is 1.56. The van der Waals surface area contributed by atoms with E-state index in [1.165, 1.54) is 0 Å². The highest BCUT2D eigenvalue weighted by Gasteiger charge is 2.71. The van der Waals surface area contributed by atoms with Crippen molar-refractivity contribution < 1.29 is 29.0 Å². The van der Waals surface area contributed by atoms with E-state index in [1.807, 2.05) is 20.8 Å². The molecule has 0 radical (unpaired) electrons. The number of fused-ring (bicyclic) bond motifs is 2. The van der Waals surface area contributed by atoms with Gasteiger partial charge in [-0.1, -0.05) is 25.9 Å². The number of ether oxygens (including phenoxy) is 1. The average Bonchev–Trinajstić information content (AvgIpc) is 3.18. The number of nitrogens with one attached hydrogen (secondary N) is 1. The number of nitro benzene ring substituents is 2. The van der Waals surface area contributed by atoms with Crippen molar-refractivity contribution in [1.82, 2.24) is 0 Å². The number of methoxy groups -OCH3 is 1. The van der Waals surface area contributed by atoms with E-state index in [0.717, 1.165) is 18.2 Å². The minimum absolute atomic E-state index is 0.169. The average molecular weight is 511 g/mol. The molecule has 1 N–H and O–H groups in total. The van der Waals surface area contributed by atoms with Gasteiger partial charge in [0.15, 0.2) is 0 Å². The fraction of sp³-hybridized carbons (Fsp3) is 0.400. The number of oxime groups is 1. The van der Waals surface area contributed by atoms with Crippen LogP contribution in [-0.4, -0.2) is 34.5 Å². The molecule has 2 bridgehead atoms. The van der Waals surface area contributed by atoms with Crippen LogP contribution in [0.5, 0.6) is 5.75 Å². The number of nitro groups is 2. The van der Waals surface area contributed by atoms with Crippen molar-refractivity contribution in [2.24, 2.45) is 21.4 Å². The zero-order valence-corrected chi connectivity index (χ0v) is 20.8. The van der Waals surface area contributed by atoms with Crippen molar-refractivity contribution in [3.63, 3.8) is 0 Å². The fourth-order valence-corrected chi connectivity index (χ4v) is 5.52. The van der Waals surface area contributed by atoms with E-state index >= 15 is 0 Å². The van der Waals surface area contributed by atoms with E-state index in [4.69, 9.17) is 9.57 Å². The van der Waals surface area contributed by atoms with Gasteiger partial charge in [-0.3, -0.25) is 25.0 Å². The lowest BCUT2D eigenvalue weighted by Gasteiger charge is -2.39. The molecule has 2 saturated carbocycles. The van der Waals surface area contributed by atoms with Gasteiger partial charge in [0.25, 0.3) is 11.4 Å². The van der Waals surface area contributed by atoms with Gasteiger partial charge in [-0.15, -0.1) is 0 Å². The normalized spacial score (nSPS) is 24.5. The number of amides is 1. The third kappa shape index (κ3) is 4.07. The van der Waals surface area contributed by atoms with E-state index < -0.39 is 43.4 Å². The summed E-state index contributed by atoms with van der Waals surface area (Å²) in [6.07, 6.45) is 1.50. The quantitative estimate of drug-likeness (QED) is 0.313. The molecular weight excluding hydrogens is 484 g/mol. The molecule has 12 nitrogen and oxygen atoms in total. The van der Waals surface area contributed by atoms with Crippen molar-refractivity contribution >= 4 is 34.7 Å². The van der Waals surface area contributed by atoms with Crippen molar-refractivity contribution in [3.8, 4) is 5.75 Å². The van der Waals surface area contributed by atoms with Gasteiger partial charge in [0, 0.05) is 29.7 Å². The molecule has 0 spiro atoms.